The first kappa shape index (κ1) is 7.08. The molecule has 3 N–H and O–H groups in total. The summed E-state index contributed by atoms with van der Waals surface area (Å²) in [7, 11) is 0. The Kier molecular flexibility index (Phi) is 1.63. The van der Waals surface area contributed by atoms with Crippen molar-refractivity contribution in [1.82, 2.24) is 5.32 Å². The summed E-state index contributed by atoms with van der Waals surface area (Å²) in [5.74, 6) is -0.713. The molecule has 54 valence electrons. The van der Waals surface area contributed by atoms with E-state index in [2.05, 4.69) is 10.3 Å². The number of hydrogen-bond acceptors (Lipinski definition) is 3. The number of carbonyl (C=O) groups is 1. The summed E-state index contributed by atoms with van der Waals surface area (Å²) in [6.07, 6.45) is 4.53. The number of allylic oxidation sites excluding steroid dienone is 1. The zero-order valence-corrected chi connectivity index (χ0v) is 5.80. The van der Waals surface area contributed by atoms with E-state index < -0.39 is 11.0 Å². The molecule has 1 amide bonds. The minimum Gasteiger partial charge on any atom is -0.365 e. The summed E-state index contributed by atoms with van der Waals surface area (Å²) in [4.78, 5) is 14.2. The minimum atomic E-state index is -1.48. The summed E-state index contributed by atoms with van der Waals surface area (Å²) in [5, 5.41) is 1.03. The van der Waals surface area contributed by atoms with Gasteiger partial charge in [-0.05, 0) is 6.08 Å². The largest absolute Gasteiger partial charge is 0.365 e. The van der Waals surface area contributed by atoms with Crippen LogP contribution in [0.25, 0.3) is 0 Å². The zero-order valence-electron chi connectivity index (χ0n) is 5.04. The highest BCUT2D eigenvalue weighted by Crippen LogP contribution is 2.13. The van der Waals surface area contributed by atoms with Gasteiger partial charge in [0.2, 0.25) is 0 Å². The first-order valence-electron chi connectivity index (χ1n) is 2.62. The van der Waals surface area contributed by atoms with E-state index in [1.165, 1.54) is 12.4 Å². The molecule has 1 aliphatic heterocycles. The molecule has 1 aliphatic rings. The smallest absolute Gasteiger partial charge is 0.286 e. The van der Waals surface area contributed by atoms with Crippen LogP contribution in [-0.2, 0) is 4.79 Å². The molecule has 4 nitrogen and oxygen atoms in total. The van der Waals surface area contributed by atoms with E-state index in [9.17, 15) is 4.79 Å². The van der Waals surface area contributed by atoms with Gasteiger partial charge in [-0.15, -0.1) is 0 Å². The SMILES string of the molecule is NC(=O)C1(Cl)N=CC=CN1. The van der Waals surface area contributed by atoms with E-state index in [1.807, 2.05) is 0 Å². The second kappa shape index (κ2) is 2.30. The first-order chi connectivity index (χ1) is 4.65. The summed E-state index contributed by atoms with van der Waals surface area (Å²) in [6, 6.07) is 0. The Bertz CT molecular complexity index is 213. The normalized spacial score (nSPS) is 29.7. The van der Waals surface area contributed by atoms with Crippen LogP contribution >= 0.6 is 11.6 Å². The fourth-order valence-corrected chi connectivity index (χ4v) is 0.639. The number of halogens is 1. The van der Waals surface area contributed by atoms with Gasteiger partial charge in [0, 0.05) is 12.4 Å². The highest BCUT2D eigenvalue weighted by molar-refractivity contribution is 6.34. The second-order valence-electron chi connectivity index (χ2n) is 1.77. The number of aliphatic imine (C=N–C) groups is 1. The Hall–Kier alpha value is -1.03. The van der Waals surface area contributed by atoms with Crippen molar-refractivity contribution in [3.63, 3.8) is 0 Å². The van der Waals surface area contributed by atoms with Crippen LogP contribution in [-0.4, -0.2) is 17.2 Å². The monoisotopic (exact) mass is 159 g/mol. The van der Waals surface area contributed by atoms with Crippen molar-refractivity contribution in [2.24, 2.45) is 10.7 Å². The molecular weight excluding hydrogens is 154 g/mol. The van der Waals surface area contributed by atoms with E-state index >= 15 is 0 Å². The van der Waals surface area contributed by atoms with Gasteiger partial charge in [-0.3, -0.25) is 4.79 Å². The van der Waals surface area contributed by atoms with Crippen LogP contribution in [0.15, 0.2) is 17.3 Å². The van der Waals surface area contributed by atoms with Crippen molar-refractivity contribution in [2.75, 3.05) is 0 Å². The van der Waals surface area contributed by atoms with Crippen LogP contribution in [0.1, 0.15) is 0 Å². The molecule has 1 unspecified atom stereocenters. The van der Waals surface area contributed by atoms with Gasteiger partial charge in [-0.1, -0.05) is 11.6 Å². The maximum Gasteiger partial charge on any atom is 0.286 e. The third-order valence-electron chi connectivity index (χ3n) is 1.04. The number of nitrogens with one attached hydrogen (secondary N) is 1. The average molecular weight is 160 g/mol. The number of nitrogens with two attached hydrogens (primary N) is 1. The van der Waals surface area contributed by atoms with E-state index in [1.54, 1.807) is 6.08 Å². The van der Waals surface area contributed by atoms with Crippen molar-refractivity contribution >= 4 is 23.7 Å². The lowest BCUT2D eigenvalue weighted by Crippen LogP contribution is -2.48. The van der Waals surface area contributed by atoms with E-state index in [-0.39, 0.29) is 0 Å². The molecule has 0 aromatic heterocycles. The van der Waals surface area contributed by atoms with Crippen LogP contribution in [0.3, 0.4) is 0 Å². The van der Waals surface area contributed by atoms with Crippen molar-refractivity contribution in [3.05, 3.63) is 12.3 Å². The van der Waals surface area contributed by atoms with Crippen LogP contribution in [0.2, 0.25) is 0 Å². The number of carbonyl (C=O) groups excluding carboxylic acids is 1. The summed E-state index contributed by atoms with van der Waals surface area (Å²) in [6.45, 7) is 0. The van der Waals surface area contributed by atoms with Crippen LogP contribution < -0.4 is 11.1 Å². The summed E-state index contributed by atoms with van der Waals surface area (Å²) in [5.41, 5.74) is 4.92. The van der Waals surface area contributed by atoms with E-state index in [0.29, 0.717) is 0 Å². The lowest BCUT2D eigenvalue weighted by Gasteiger charge is -2.20. The molecule has 0 radical (unpaired) electrons. The molecule has 0 aliphatic carbocycles. The zero-order chi connectivity index (χ0) is 7.61. The third kappa shape index (κ3) is 1.11. The molecule has 1 atom stereocenters. The van der Waals surface area contributed by atoms with Gasteiger partial charge < -0.3 is 11.1 Å². The number of rotatable bonds is 1. The van der Waals surface area contributed by atoms with Crippen LogP contribution in [0.5, 0.6) is 0 Å². The summed E-state index contributed by atoms with van der Waals surface area (Å²) >= 11 is 5.58. The highest BCUT2D eigenvalue weighted by atomic mass is 35.5. The lowest BCUT2D eigenvalue weighted by atomic mass is 10.4. The number of nitrogens with zero attached hydrogens (tertiary/aromatic N) is 1. The maximum atomic E-state index is 10.6. The molecule has 10 heavy (non-hydrogen) atoms. The lowest BCUT2D eigenvalue weighted by molar-refractivity contribution is -0.120. The van der Waals surface area contributed by atoms with Crippen LogP contribution in [0.4, 0.5) is 0 Å². The van der Waals surface area contributed by atoms with Crippen molar-refractivity contribution in [1.29, 1.82) is 0 Å². The van der Waals surface area contributed by atoms with Crippen LogP contribution in [0, 0.1) is 0 Å². The van der Waals surface area contributed by atoms with Gasteiger partial charge in [0.1, 0.15) is 0 Å². The molecule has 0 fully saturated rings. The summed E-state index contributed by atoms with van der Waals surface area (Å²) < 4.78 is 0. The number of alkyl halides is 1. The Morgan fingerprint density at radius 3 is 2.80 bits per heavy atom. The van der Waals surface area contributed by atoms with E-state index in [0.717, 1.165) is 0 Å². The molecule has 1 heterocycles. The fourth-order valence-electron chi connectivity index (χ4n) is 0.519. The molecule has 5 heteroatoms. The molecular formula is C5H6ClN3O. The van der Waals surface area contributed by atoms with Gasteiger partial charge in [-0.25, -0.2) is 4.99 Å². The number of amides is 1. The topological polar surface area (TPSA) is 67.5 Å². The highest BCUT2D eigenvalue weighted by Gasteiger charge is 2.32. The van der Waals surface area contributed by atoms with Crippen molar-refractivity contribution in [2.45, 2.75) is 5.12 Å². The van der Waals surface area contributed by atoms with Gasteiger partial charge in [0.15, 0.2) is 0 Å². The van der Waals surface area contributed by atoms with Gasteiger partial charge >= 0.3 is 0 Å². The van der Waals surface area contributed by atoms with Gasteiger partial charge in [-0.2, -0.15) is 0 Å². The molecule has 1 rings (SSSR count). The van der Waals surface area contributed by atoms with Gasteiger partial charge in [0.05, 0.1) is 0 Å². The Labute approximate surface area is 62.8 Å². The number of primary amides is 1. The third-order valence-corrected chi connectivity index (χ3v) is 1.43. The van der Waals surface area contributed by atoms with E-state index in [4.69, 9.17) is 17.3 Å². The quantitative estimate of drug-likeness (QED) is 0.402. The predicted molar refractivity (Wildman–Crippen MR) is 38.5 cm³/mol. The Morgan fingerprint density at radius 2 is 2.50 bits per heavy atom. The molecule has 0 spiro atoms. The molecule has 0 aromatic rings. The number of hydrogen-bond donors (Lipinski definition) is 2. The van der Waals surface area contributed by atoms with Gasteiger partial charge in [0.25, 0.3) is 11.0 Å². The fraction of sp³-hybridized carbons (Fsp3) is 0.200. The first-order valence-corrected chi connectivity index (χ1v) is 3.00. The molecule has 0 bridgehead atoms. The van der Waals surface area contributed by atoms with Crippen molar-refractivity contribution in [3.8, 4) is 0 Å². The second-order valence-corrected chi connectivity index (χ2v) is 2.31. The maximum absolute atomic E-state index is 10.6. The Balaban J connectivity index is 2.80. The average Bonchev–Trinajstić information content (AvgIpc) is 1.89. The molecule has 0 saturated heterocycles. The molecule has 0 saturated carbocycles. The predicted octanol–water partition coefficient (Wildman–Crippen LogP) is -0.448. The standard InChI is InChI=1S/C5H6ClN3O/c6-5(4(7)10)8-2-1-3-9-5/h1-3,8H,(H2,7,10). The minimum absolute atomic E-state index is 0.713. The Morgan fingerprint density at radius 1 is 1.80 bits per heavy atom. The van der Waals surface area contributed by atoms with Crippen molar-refractivity contribution < 1.29 is 4.79 Å². The molecule has 0 aromatic carbocycles.